The molecule has 0 radical (unpaired) electrons. The molecule has 21 heavy (non-hydrogen) atoms. The molecule has 0 aliphatic rings. The van der Waals surface area contributed by atoms with Gasteiger partial charge in [0.1, 0.15) is 6.29 Å². The summed E-state index contributed by atoms with van der Waals surface area (Å²) in [7, 11) is 2.32. The van der Waals surface area contributed by atoms with Crippen LogP contribution in [0.4, 0.5) is 4.39 Å². The third kappa shape index (κ3) is 4.17. The number of nitrogens with zero attached hydrogens (tertiary/aromatic N) is 2. The summed E-state index contributed by atoms with van der Waals surface area (Å²) in [5.74, 6) is -0.793. The van der Waals surface area contributed by atoms with E-state index in [1.54, 1.807) is 0 Å². The lowest BCUT2D eigenvalue weighted by molar-refractivity contribution is -0.105. The first kappa shape index (κ1) is 16.9. The highest BCUT2D eigenvalue weighted by Crippen LogP contribution is 2.33. The van der Waals surface area contributed by atoms with Gasteiger partial charge in [-0.15, -0.1) is 5.10 Å². The summed E-state index contributed by atoms with van der Waals surface area (Å²) < 4.78 is 18.3. The number of ether oxygens (including phenoxy) is 1. The topological polar surface area (TPSA) is 108 Å². The van der Waals surface area contributed by atoms with Crippen LogP contribution in [0.15, 0.2) is 17.3 Å². The van der Waals surface area contributed by atoms with Crippen LogP contribution >= 0.6 is 11.8 Å². The lowest BCUT2D eigenvalue weighted by Gasteiger charge is -2.05. The van der Waals surface area contributed by atoms with Crippen molar-refractivity contribution in [3.63, 3.8) is 0 Å². The zero-order valence-corrected chi connectivity index (χ0v) is 12.1. The van der Waals surface area contributed by atoms with Crippen molar-refractivity contribution in [3.8, 4) is 22.9 Å². The van der Waals surface area contributed by atoms with Crippen molar-refractivity contribution in [3.05, 3.63) is 17.9 Å². The van der Waals surface area contributed by atoms with E-state index in [1.807, 2.05) is 0 Å². The van der Waals surface area contributed by atoms with Crippen molar-refractivity contribution >= 4 is 18.0 Å². The van der Waals surface area contributed by atoms with E-state index in [1.165, 1.54) is 13.2 Å². The Kier molecular flexibility index (Phi) is 6.63. The second-order valence-electron chi connectivity index (χ2n) is 3.45. The summed E-state index contributed by atoms with van der Waals surface area (Å²) in [4.78, 5) is 14.3. The maximum absolute atomic E-state index is 13.5. The van der Waals surface area contributed by atoms with Crippen molar-refractivity contribution in [2.45, 2.75) is 5.16 Å². The maximum Gasteiger partial charge on any atom is 0.209 e. The van der Waals surface area contributed by atoms with Gasteiger partial charge in [0.25, 0.3) is 0 Å². The molecule has 0 aliphatic heterocycles. The number of hydrogen-bond acceptors (Lipinski definition) is 7. The van der Waals surface area contributed by atoms with Gasteiger partial charge >= 0.3 is 0 Å². The van der Waals surface area contributed by atoms with Crippen LogP contribution in [0.5, 0.6) is 11.5 Å². The number of halogens is 1. The number of aldehydes is 1. The van der Waals surface area contributed by atoms with Gasteiger partial charge in [-0.25, -0.2) is 9.37 Å². The molecule has 0 atom stereocenters. The van der Waals surface area contributed by atoms with Gasteiger partial charge in [0, 0.05) is 12.7 Å². The van der Waals surface area contributed by atoms with Crippen molar-refractivity contribution < 1.29 is 24.1 Å². The van der Waals surface area contributed by atoms with Crippen LogP contribution in [0.3, 0.4) is 0 Å². The van der Waals surface area contributed by atoms with Crippen LogP contribution < -0.4 is 4.74 Å². The third-order valence-corrected chi connectivity index (χ3v) is 3.01. The first-order chi connectivity index (χ1) is 10.2. The van der Waals surface area contributed by atoms with E-state index in [4.69, 9.17) is 9.84 Å². The molecule has 114 valence electrons. The number of carbonyl (C=O) groups excluding carboxylic acids is 1. The van der Waals surface area contributed by atoms with Gasteiger partial charge in [-0.1, -0.05) is 11.8 Å². The number of aromatic hydroxyl groups is 1. The molecule has 1 aromatic carbocycles. The van der Waals surface area contributed by atoms with Gasteiger partial charge in [-0.2, -0.15) is 0 Å². The van der Waals surface area contributed by atoms with Crippen molar-refractivity contribution in [2.75, 3.05) is 20.0 Å². The SMILES string of the molecule is CO.COc1cc(-c2nc(SCC=O)n[nH]2)cc(F)c1O. The van der Waals surface area contributed by atoms with E-state index >= 15 is 0 Å². The highest BCUT2D eigenvalue weighted by atomic mass is 32.2. The van der Waals surface area contributed by atoms with Crippen molar-refractivity contribution in [2.24, 2.45) is 0 Å². The van der Waals surface area contributed by atoms with Crippen LogP contribution in [-0.4, -0.2) is 51.7 Å². The zero-order valence-electron chi connectivity index (χ0n) is 11.3. The van der Waals surface area contributed by atoms with Gasteiger partial charge in [0.05, 0.1) is 12.9 Å². The van der Waals surface area contributed by atoms with Crippen LogP contribution in [-0.2, 0) is 4.79 Å². The number of phenolic OH excluding ortho intramolecular Hbond substituents is 1. The van der Waals surface area contributed by atoms with Gasteiger partial charge in [0.2, 0.25) is 5.16 Å². The lowest BCUT2D eigenvalue weighted by Crippen LogP contribution is -1.90. The number of aliphatic hydroxyl groups excluding tert-OH is 1. The Bertz CT molecular complexity index is 606. The summed E-state index contributed by atoms with van der Waals surface area (Å²) in [5, 5.41) is 23.3. The monoisotopic (exact) mass is 315 g/mol. The average molecular weight is 315 g/mol. The number of H-pyrrole nitrogens is 1. The molecule has 0 fully saturated rings. The molecule has 9 heteroatoms. The average Bonchev–Trinajstić information content (AvgIpc) is 2.98. The molecule has 0 bridgehead atoms. The van der Waals surface area contributed by atoms with Gasteiger partial charge in [0.15, 0.2) is 23.1 Å². The summed E-state index contributed by atoms with van der Waals surface area (Å²) in [5.41, 5.74) is 0.387. The number of aliphatic hydroxyl groups is 1. The molecule has 0 unspecified atom stereocenters. The summed E-state index contributed by atoms with van der Waals surface area (Å²) >= 11 is 1.16. The predicted octanol–water partition coefficient (Wildman–Crippen LogP) is 1.22. The first-order valence-electron chi connectivity index (χ1n) is 5.66. The van der Waals surface area contributed by atoms with E-state index < -0.39 is 11.6 Å². The van der Waals surface area contributed by atoms with Gasteiger partial charge in [-0.3, -0.25) is 5.10 Å². The Labute approximate surface area is 124 Å². The van der Waals surface area contributed by atoms with Gasteiger partial charge < -0.3 is 19.7 Å². The van der Waals surface area contributed by atoms with E-state index in [-0.39, 0.29) is 11.5 Å². The minimum atomic E-state index is -0.812. The number of hydrogen-bond donors (Lipinski definition) is 3. The third-order valence-electron chi connectivity index (χ3n) is 2.27. The fraction of sp³-hybridized carbons (Fsp3) is 0.250. The second kappa shape index (κ2) is 8.22. The number of methoxy groups -OCH3 is 1. The molecular formula is C12H14FN3O4S. The molecule has 2 rings (SSSR count). The smallest absolute Gasteiger partial charge is 0.209 e. The molecule has 0 saturated heterocycles. The number of aromatic amines is 1. The Balaban J connectivity index is 0.00000106. The minimum absolute atomic E-state index is 0.00787. The van der Waals surface area contributed by atoms with E-state index in [0.29, 0.717) is 16.5 Å². The highest BCUT2D eigenvalue weighted by molar-refractivity contribution is 7.99. The molecule has 2 aromatic rings. The largest absolute Gasteiger partial charge is 0.502 e. The first-order valence-corrected chi connectivity index (χ1v) is 6.64. The fourth-order valence-corrected chi connectivity index (χ4v) is 1.90. The molecule has 1 aromatic heterocycles. The van der Waals surface area contributed by atoms with Crippen molar-refractivity contribution in [1.82, 2.24) is 15.2 Å². The number of carbonyl (C=O) groups is 1. The Morgan fingerprint density at radius 1 is 1.48 bits per heavy atom. The normalized spacial score (nSPS) is 9.71. The number of phenols is 1. The molecule has 0 spiro atoms. The van der Waals surface area contributed by atoms with Crippen LogP contribution in [0.2, 0.25) is 0 Å². The van der Waals surface area contributed by atoms with E-state index in [0.717, 1.165) is 31.2 Å². The molecule has 0 aliphatic carbocycles. The lowest BCUT2D eigenvalue weighted by atomic mass is 10.2. The molecule has 3 N–H and O–H groups in total. The number of aromatic nitrogens is 3. The number of benzene rings is 1. The van der Waals surface area contributed by atoms with Crippen molar-refractivity contribution in [1.29, 1.82) is 0 Å². The molecule has 7 nitrogen and oxygen atoms in total. The highest BCUT2D eigenvalue weighted by Gasteiger charge is 2.14. The molecule has 0 saturated carbocycles. The molecular weight excluding hydrogens is 301 g/mol. The summed E-state index contributed by atoms with van der Waals surface area (Å²) in [6, 6.07) is 2.56. The molecule has 1 heterocycles. The van der Waals surface area contributed by atoms with Crippen LogP contribution in [0.25, 0.3) is 11.4 Å². The summed E-state index contributed by atoms with van der Waals surface area (Å²) in [6.07, 6.45) is 0.740. The zero-order chi connectivity index (χ0) is 15.8. The van der Waals surface area contributed by atoms with E-state index in [9.17, 15) is 14.3 Å². The quantitative estimate of drug-likeness (QED) is 0.562. The number of rotatable bonds is 5. The maximum atomic E-state index is 13.5. The van der Waals surface area contributed by atoms with E-state index in [2.05, 4.69) is 15.2 Å². The fourth-order valence-electron chi connectivity index (χ4n) is 1.41. The molecule has 0 amide bonds. The second-order valence-corrected chi connectivity index (χ2v) is 4.44. The predicted molar refractivity (Wildman–Crippen MR) is 74.9 cm³/mol. The summed E-state index contributed by atoms with van der Waals surface area (Å²) in [6.45, 7) is 0. The van der Waals surface area contributed by atoms with Crippen LogP contribution in [0.1, 0.15) is 0 Å². The van der Waals surface area contributed by atoms with Crippen LogP contribution in [0, 0.1) is 5.82 Å². The Morgan fingerprint density at radius 2 is 2.19 bits per heavy atom. The number of thioether (sulfide) groups is 1. The standard InChI is InChI=1S/C11H10FN3O3S.CH4O/c1-18-8-5-6(4-7(12)9(8)17)10-13-11(15-14-10)19-3-2-16;1-2/h2,4-5,17H,3H2,1H3,(H,13,14,15);2H,1H3. The minimum Gasteiger partial charge on any atom is -0.502 e. The number of nitrogens with one attached hydrogen (secondary N) is 1. The Morgan fingerprint density at radius 3 is 2.81 bits per heavy atom. The Hall–Kier alpha value is -2.13. The van der Waals surface area contributed by atoms with Gasteiger partial charge in [-0.05, 0) is 12.1 Å².